The molecule has 4 rings (SSSR count). The molecule has 158 valence electrons. The monoisotopic (exact) mass is 434 g/mol. The Balaban J connectivity index is 1.42. The van der Waals surface area contributed by atoms with Gasteiger partial charge in [0.05, 0.1) is 5.02 Å². The van der Waals surface area contributed by atoms with Crippen LogP contribution in [0.3, 0.4) is 0 Å². The summed E-state index contributed by atoms with van der Waals surface area (Å²) in [7, 11) is 0. The lowest BCUT2D eigenvalue weighted by Gasteiger charge is -2.08. The summed E-state index contributed by atoms with van der Waals surface area (Å²) in [6, 6.07) is 20.5. The van der Waals surface area contributed by atoms with Gasteiger partial charge in [0, 0.05) is 11.3 Å². The maximum Gasteiger partial charge on any atom is 0.262 e. The molecular weight excluding hydrogens is 412 g/mol. The molecular formula is C25H23ClN2O3. The number of carbonyl (C=O) groups is 1. The molecule has 4 aromatic rings. The normalized spacial score (nSPS) is 12.0. The van der Waals surface area contributed by atoms with E-state index in [0.29, 0.717) is 28.3 Å². The lowest BCUT2D eigenvalue weighted by molar-refractivity contribution is -0.118. The number of nitrogens with one attached hydrogen (secondary N) is 1. The van der Waals surface area contributed by atoms with Crippen molar-refractivity contribution in [1.82, 2.24) is 4.98 Å². The number of hydrogen-bond donors (Lipinski definition) is 1. The third-order valence-corrected chi connectivity index (χ3v) is 5.52. The topological polar surface area (TPSA) is 64.4 Å². The molecule has 1 N–H and O–H groups in total. The molecule has 1 heterocycles. The summed E-state index contributed by atoms with van der Waals surface area (Å²) in [6.45, 7) is 4.25. The molecule has 0 fully saturated rings. The van der Waals surface area contributed by atoms with Crippen LogP contribution in [0.15, 0.2) is 71.1 Å². The Morgan fingerprint density at radius 1 is 1.13 bits per heavy atom. The number of amides is 1. The van der Waals surface area contributed by atoms with Crippen molar-refractivity contribution in [3.05, 3.63) is 77.3 Å². The Labute approximate surface area is 186 Å². The molecule has 6 heteroatoms. The van der Waals surface area contributed by atoms with Crippen molar-refractivity contribution in [3.8, 4) is 17.2 Å². The lowest BCUT2D eigenvalue weighted by atomic mass is 9.98. The largest absolute Gasteiger partial charge is 0.482 e. The molecule has 0 bridgehead atoms. The first-order valence-corrected chi connectivity index (χ1v) is 10.6. The summed E-state index contributed by atoms with van der Waals surface area (Å²) in [5.41, 5.74) is 4.36. The van der Waals surface area contributed by atoms with Gasteiger partial charge in [0.1, 0.15) is 11.3 Å². The van der Waals surface area contributed by atoms with Crippen LogP contribution in [0.5, 0.6) is 5.75 Å². The summed E-state index contributed by atoms with van der Waals surface area (Å²) in [5, 5.41) is 3.27. The molecule has 31 heavy (non-hydrogen) atoms. The minimum absolute atomic E-state index is 0.130. The molecule has 0 saturated heterocycles. The van der Waals surface area contributed by atoms with Crippen LogP contribution in [0.4, 0.5) is 5.69 Å². The first kappa shape index (κ1) is 20.9. The number of halogens is 1. The second kappa shape index (κ2) is 9.23. The number of aromatic nitrogens is 1. The minimum atomic E-state index is -0.271. The first-order chi connectivity index (χ1) is 15.0. The zero-order chi connectivity index (χ0) is 21.8. The quantitative estimate of drug-likeness (QED) is 0.352. The second-order valence-electron chi connectivity index (χ2n) is 7.40. The van der Waals surface area contributed by atoms with Crippen LogP contribution in [0.25, 0.3) is 22.6 Å². The number of fused-ring (bicyclic) bond motifs is 1. The van der Waals surface area contributed by atoms with E-state index in [1.54, 1.807) is 24.3 Å². The van der Waals surface area contributed by atoms with Crippen LogP contribution in [-0.4, -0.2) is 17.5 Å². The van der Waals surface area contributed by atoms with Gasteiger partial charge in [0.15, 0.2) is 12.2 Å². The third-order valence-electron chi connectivity index (χ3n) is 5.20. The number of nitrogens with zero attached hydrogens (tertiary/aromatic N) is 1. The molecule has 0 aliphatic carbocycles. The highest BCUT2D eigenvalue weighted by molar-refractivity contribution is 6.32. The SMILES string of the molecule is CCC(C)c1ccc2oc(-c3ccc(NC(=O)COc4ccccc4Cl)cc3)nc2c1. The number of oxazole rings is 1. The Morgan fingerprint density at radius 2 is 1.90 bits per heavy atom. The highest BCUT2D eigenvalue weighted by Gasteiger charge is 2.12. The maximum atomic E-state index is 12.2. The predicted octanol–water partition coefficient (Wildman–Crippen LogP) is 6.68. The Hall–Kier alpha value is -3.31. The van der Waals surface area contributed by atoms with Crippen molar-refractivity contribution in [3.63, 3.8) is 0 Å². The molecule has 5 nitrogen and oxygen atoms in total. The zero-order valence-electron chi connectivity index (χ0n) is 17.4. The predicted molar refractivity (Wildman–Crippen MR) is 124 cm³/mol. The Kier molecular flexibility index (Phi) is 6.23. The van der Waals surface area contributed by atoms with Gasteiger partial charge in [0.25, 0.3) is 5.91 Å². The molecule has 1 aromatic heterocycles. The van der Waals surface area contributed by atoms with Gasteiger partial charge in [-0.3, -0.25) is 4.79 Å². The fraction of sp³-hybridized carbons (Fsp3) is 0.200. The van der Waals surface area contributed by atoms with Crippen molar-refractivity contribution in [2.75, 3.05) is 11.9 Å². The average Bonchev–Trinajstić information content (AvgIpc) is 3.22. The molecule has 0 radical (unpaired) electrons. The fourth-order valence-electron chi connectivity index (χ4n) is 3.21. The number of benzene rings is 3. The highest BCUT2D eigenvalue weighted by atomic mass is 35.5. The molecule has 3 aromatic carbocycles. The smallest absolute Gasteiger partial charge is 0.262 e. The summed E-state index contributed by atoms with van der Waals surface area (Å²) >= 11 is 6.03. The lowest BCUT2D eigenvalue weighted by Crippen LogP contribution is -2.20. The summed E-state index contributed by atoms with van der Waals surface area (Å²) in [6.07, 6.45) is 1.08. The van der Waals surface area contributed by atoms with Gasteiger partial charge in [-0.1, -0.05) is 43.6 Å². The molecule has 0 aliphatic heterocycles. The van der Waals surface area contributed by atoms with Crippen molar-refractivity contribution in [1.29, 1.82) is 0 Å². The summed E-state index contributed by atoms with van der Waals surface area (Å²) < 4.78 is 11.4. The molecule has 1 unspecified atom stereocenters. The van der Waals surface area contributed by atoms with Crippen LogP contribution in [0.2, 0.25) is 5.02 Å². The van der Waals surface area contributed by atoms with E-state index < -0.39 is 0 Å². The number of hydrogen-bond acceptors (Lipinski definition) is 4. The van der Waals surface area contributed by atoms with Crippen LogP contribution in [0.1, 0.15) is 31.7 Å². The highest BCUT2D eigenvalue weighted by Crippen LogP contribution is 2.28. The molecule has 1 atom stereocenters. The van der Waals surface area contributed by atoms with Gasteiger partial charge in [-0.05, 0) is 66.4 Å². The van der Waals surface area contributed by atoms with E-state index in [9.17, 15) is 4.79 Å². The van der Waals surface area contributed by atoms with Crippen LogP contribution >= 0.6 is 11.6 Å². The number of carbonyl (C=O) groups excluding carboxylic acids is 1. The van der Waals surface area contributed by atoms with Gasteiger partial charge in [-0.25, -0.2) is 4.98 Å². The van der Waals surface area contributed by atoms with Gasteiger partial charge in [-0.2, -0.15) is 0 Å². The summed E-state index contributed by atoms with van der Waals surface area (Å²) in [5.74, 6) is 1.24. The molecule has 1 amide bonds. The second-order valence-corrected chi connectivity index (χ2v) is 7.81. The standard InChI is InChI=1S/C25H23ClN2O3/c1-3-16(2)18-10-13-23-21(14-18)28-25(31-23)17-8-11-19(12-9-17)27-24(29)15-30-22-7-5-4-6-20(22)26/h4-14,16H,3,15H2,1-2H3,(H,27,29). The zero-order valence-corrected chi connectivity index (χ0v) is 18.1. The minimum Gasteiger partial charge on any atom is -0.482 e. The van der Waals surface area contributed by atoms with Crippen molar-refractivity contribution in [2.45, 2.75) is 26.2 Å². The van der Waals surface area contributed by atoms with Crippen LogP contribution in [-0.2, 0) is 4.79 Å². The number of anilines is 1. The number of rotatable bonds is 7. The van der Waals surface area contributed by atoms with E-state index in [-0.39, 0.29) is 12.5 Å². The first-order valence-electron chi connectivity index (χ1n) is 10.2. The fourth-order valence-corrected chi connectivity index (χ4v) is 3.40. The molecule has 0 aliphatic rings. The van der Waals surface area contributed by atoms with E-state index >= 15 is 0 Å². The van der Waals surface area contributed by atoms with Gasteiger partial charge in [0.2, 0.25) is 5.89 Å². The van der Waals surface area contributed by atoms with Crippen LogP contribution in [0, 0.1) is 0 Å². The van der Waals surface area contributed by atoms with Gasteiger partial charge < -0.3 is 14.5 Å². The van der Waals surface area contributed by atoms with E-state index in [1.165, 1.54) is 5.56 Å². The van der Waals surface area contributed by atoms with E-state index in [2.05, 4.69) is 36.3 Å². The van der Waals surface area contributed by atoms with Crippen molar-refractivity contribution in [2.24, 2.45) is 0 Å². The Bertz CT molecular complexity index is 1200. The number of ether oxygens (including phenoxy) is 1. The molecule has 0 spiro atoms. The van der Waals surface area contributed by atoms with Crippen LogP contribution < -0.4 is 10.1 Å². The van der Waals surface area contributed by atoms with E-state index in [4.69, 9.17) is 20.8 Å². The van der Waals surface area contributed by atoms with Crippen molar-refractivity contribution >= 4 is 34.3 Å². The summed E-state index contributed by atoms with van der Waals surface area (Å²) in [4.78, 5) is 16.8. The van der Waals surface area contributed by atoms with E-state index in [1.807, 2.05) is 30.3 Å². The van der Waals surface area contributed by atoms with Crippen molar-refractivity contribution < 1.29 is 13.9 Å². The van der Waals surface area contributed by atoms with Gasteiger partial charge in [-0.15, -0.1) is 0 Å². The number of para-hydroxylation sites is 1. The molecule has 0 saturated carbocycles. The maximum absolute atomic E-state index is 12.2. The Morgan fingerprint density at radius 3 is 2.65 bits per heavy atom. The average molecular weight is 435 g/mol. The van der Waals surface area contributed by atoms with E-state index in [0.717, 1.165) is 23.1 Å². The van der Waals surface area contributed by atoms with Gasteiger partial charge >= 0.3 is 0 Å². The third kappa shape index (κ3) is 4.89.